The second kappa shape index (κ2) is 8.31. The summed E-state index contributed by atoms with van der Waals surface area (Å²) in [5.41, 5.74) is 0.773. The number of carbonyl (C=O) groups is 2. The number of carbonyl (C=O) groups excluding carboxylic acids is 2. The molecular weight excluding hydrogens is 444 g/mol. The molecule has 0 aromatic carbocycles. The van der Waals surface area contributed by atoms with Crippen LogP contribution in [-0.2, 0) is 23.8 Å². The van der Waals surface area contributed by atoms with Crippen molar-refractivity contribution in [3.8, 4) is 0 Å². The molecule has 4 aliphatic carbocycles. The molecule has 35 heavy (non-hydrogen) atoms. The Kier molecular flexibility index (Phi) is 5.99. The summed E-state index contributed by atoms with van der Waals surface area (Å²) < 4.78 is 17.8. The SMILES string of the molecule is CC(=O)OC[C@]12CCCC(C)(C)[C@@H]1CC[C@]1(C)[C@@H]2C[C@@H](OC(C)=O)[C@]2(C)[C@@H]3C(=CC[C@@H]12)CO[C@H]3O. The lowest BCUT2D eigenvalue weighted by Crippen LogP contribution is -2.68. The molecule has 0 aromatic heterocycles. The third-order valence-electron chi connectivity index (χ3n) is 11.5. The lowest BCUT2D eigenvalue weighted by molar-refractivity contribution is -0.263. The van der Waals surface area contributed by atoms with Gasteiger partial charge in [-0.2, -0.15) is 0 Å². The van der Waals surface area contributed by atoms with Crippen LogP contribution in [0.3, 0.4) is 0 Å². The Morgan fingerprint density at radius 2 is 1.80 bits per heavy atom. The topological polar surface area (TPSA) is 82.1 Å². The highest BCUT2D eigenvalue weighted by Crippen LogP contribution is 2.74. The van der Waals surface area contributed by atoms with Gasteiger partial charge >= 0.3 is 11.9 Å². The number of allylic oxidation sites excluding steroid dienone is 1. The van der Waals surface area contributed by atoms with Crippen LogP contribution in [0.5, 0.6) is 0 Å². The molecule has 6 heteroatoms. The zero-order chi connectivity index (χ0) is 25.4. The van der Waals surface area contributed by atoms with Crippen LogP contribution >= 0.6 is 0 Å². The van der Waals surface area contributed by atoms with E-state index in [1.54, 1.807) is 0 Å². The van der Waals surface area contributed by atoms with Crippen molar-refractivity contribution in [2.24, 2.45) is 45.3 Å². The highest BCUT2D eigenvalue weighted by atomic mass is 16.6. The second-order valence-corrected chi connectivity index (χ2v) is 13.5. The van der Waals surface area contributed by atoms with Crippen molar-refractivity contribution in [3.05, 3.63) is 11.6 Å². The first-order valence-electron chi connectivity index (χ1n) is 13.7. The van der Waals surface area contributed by atoms with Gasteiger partial charge in [0.15, 0.2) is 6.29 Å². The van der Waals surface area contributed by atoms with E-state index in [0.29, 0.717) is 19.1 Å². The van der Waals surface area contributed by atoms with Gasteiger partial charge in [-0.3, -0.25) is 9.59 Å². The summed E-state index contributed by atoms with van der Waals surface area (Å²) >= 11 is 0. The van der Waals surface area contributed by atoms with E-state index in [0.717, 1.165) is 44.1 Å². The van der Waals surface area contributed by atoms with Crippen molar-refractivity contribution in [1.82, 2.24) is 0 Å². The van der Waals surface area contributed by atoms with Crippen LogP contribution in [0.15, 0.2) is 11.6 Å². The molecule has 6 nitrogen and oxygen atoms in total. The molecule has 0 aromatic rings. The molecule has 0 amide bonds. The van der Waals surface area contributed by atoms with Gasteiger partial charge < -0.3 is 19.3 Å². The van der Waals surface area contributed by atoms with Crippen molar-refractivity contribution in [2.45, 2.75) is 98.9 Å². The van der Waals surface area contributed by atoms with Crippen molar-refractivity contribution in [3.63, 3.8) is 0 Å². The van der Waals surface area contributed by atoms with Gasteiger partial charge in [-0.1, -0.05) is 40.2 Å². The highest BCUT2D eigenvalue weighted by Gasteiger charge is 2.71. The van der Waals surface area contributed by atoms with Crippen LogP contribution in [-0.4, -0.2) is 42.7 Å². The van der Waals surface area contributed by atoms with Crippen LogP contribution in [0, 0.1) is 45.3 Å². The number of esters is 2. The summed E-state index contributed by atoms with van der Waals surface area (Å²) in [5.74, 6) is 0.315. The van der Waals surface area contributed by atoms with E-state index in [1.807, 2.05) is 0 Å². The Balaban J connectivity index is 1.64. The summed E-state index contributed by atoms with van der Waals surface area (Å²) in [6.45, 7) is 13.4. The normalized spacial score (nSPS) is 47.9. The Morgan fingerprint density at radius 1 is 1.06 bits per heavy atom. The molecular formula is C29H44O6. The summed E-state index contributed by atoms with van der Waals surface area (Å²) in [4.78, 5) is 24.5. The average molecular weight is 489 g/mol. The zero-order valence-electron chi connectivity index (χ0n) is 22.4. The smallest absolute Gasteiger partial charge is 0.302 e. The van der Waals surface area contributed by atoms with Gasteiger partial charge in [-0.05, 0) is 72.7 Å². The minimum Gasteiger partial charge on any atom is -0.465 e. The fourth-order valence-electron chi connectivity index (χ4n) is 10.2. The number of fused-ring (bicyclic) bond motifs is 7. The standard InChI is InChI=1S/C29H44O6/c1-17(30)34-16-29-12-7-11-26(3,4)20(29)10-13-27(5)21-9-8-19-15-33-25(32)24(19)28(21,6)23(14-22(27)29)35-18(2)31/h8,20-25,32H,7,9-16H2,1-6H3/t20-,21-,22-,23+,24+,25+,27-,28+,29+/m0/s1. The lowest BCUT2D eigenvalue weighted by Gasteiger charge is -2.71. The molecule has 3 saturated carbocycles. The van der Waals surface area contributed by atoms with Gasteiger partial charge in [-0.15, -0.1) is 0 Å². The van der Waals surface area contributed by atoms with Crippen LogP contribution in [0.4, 0.5) is 0 Å². The van der Waals surface area contributed by atoms with E-state index >= 15 is 0 Å². The second-order valence-electron chi connectivity index (χ2n) is 13.5. The number of hydrogen-bond acceptors (Lipinski definition) is 6. The van der Waals surface area contributed by atoms with Crippen molar-refractivity contribution in [2.75, 3.05) is 13.2 Å². The molecule has 5 rings (SSSR count). The van der Waals surface area contributed by atoms with Crippen molar-refractivity contribution < 1.29 is 28.9 Å². The first-order chi connectivity index (χ1) is 16.4. The molecule has 0 radical (unpaired) electrons. The Bertz CT molecular complexity index is 924. The molecule has 1 saturated heterocycles. The fraction of sp³-hybridized carbons (Fsp3) is 0.862. The summed E-state index contributed by atoms with van der Waals surface area (Å²) in [7, 11) is 0. The molecule has 196 valence electrons. The maximum Gasteiger partial charge on any atom is 0.302 e. The molecule has 0 unspecified atom stereocenters. The number of ether oxygens (including phenoxy) is 3. The van der Waals surface area contributed by atoms with Crippen LogP contribution in [0.1, 0.15) is 86.5 Å². The quantitative estimate of drug-likeness (QED) is 0.443. The molecule has 0 spiro atoms. The van der Waals surface area contributed by atoms with E-state index in [2.05, 4.69) is 33.8 Å². The maximum absolute atomic E-state index is 12.4. The molecule has 0 bridgehead atoms. The Labute approximate surface area is 210 Å². The monoisotopic (exact) mass is 488 g/mol. The first kappa shape index (κ1) is 25.3. The predicted octanol–water partition coefficient (Wildman–Crippen LogP) is 5.03. The lowest BCUT2D eigenvalue weighted by atomic mass is 9.34. The largest absolute Gasteiger partial charge is 0.465 e. The summed E-state index contributed by atoms with van der Waals surface area (Å²) in [6.07, 6.45) is 8.33. The maximum atomic E-state index is 12.4. The molecule has 1 heterocycles. The minimum absolute atomic E-state index is 0.0141. The van der Waals surface area contributed by atoms with Crippen molar-refractivity contribution in [1.29, 1.82) is 0 Å². The number of rotatable bonds is 3. The van der Waals surface area contributed by atoms with Gasteiger partial charge in [0.1, 0.15) is 6.10 Å². The third kappa shape index (κ3) is 3.56. The Morgan fingerprint density at radius 3 is 2.49 bits per heavy atom. The van der Waals surface area contributed by atoms with Gasteiger partial charge in [0.2, 0.25) is 0 Å². The Hall–Kier alpha value is -1.40. The van der Waals surface area contributed by atoms with Crippen LogP contribution in [0.25, 0.3) is 0 Å². The number of aliphatic hydroxyl groups excluding tert-OH is 1. The number of aliphatic hydroxyl groups is 1. The molecule has 1 N–H and O–H groups in total. The van der Waals surface area contributed by atoms with E-state index in [9.17, 15) is 14.7 Å². The highest BCUT2D eigenvalue weighted by molar-refractivity contribution is 5.66. The minimum atomic E-state index is -0.868. The van der Waals surface area contributed by atoms with E-state index in [-0.39, 0.29) is 52.0 Å². The summed E-state index contributed by atoms with van der Waals surface area (Å²) in [6, 6.07) is 0. The van der Waals surface area contributed by atoms with Gasteiger partial charge in [-0.25, -0.2) is 0 Å². The average Bonchev–Trinajstić information content (AvgIpc) is 3.14. The van der Waals surface area contributed by atoms with Gasteiger partial charge in [0.25, 0.3) is 0 Å². The van der Waals surface area contributed by atoms with Crippen LogP contribution in [0.2, 0.25) is 0 Å². The van der Waals surface area contributed by atoms with Gasteiger partial charge in [0.05, 0.1) is 13.2 Å². The number of hydrogen-bond donors (Lipinski definition) is 1. The first-order valence-corrected chi connectivity index (χ1v) is 13.7. The zero-order valence-corrected chi connectivity index (χ0v) is 22.4. The van der Waals surface area contributed by atoms with E-state index < -0.39 is 11.7 Å². The molecule has 5 aliphatic rings. The van der Waals surface area contributed by atoms with Crippen LogP contribution < -0.4 is 0 Å². The third-order valence-corrected chi connectivity index (χ3v) is 11.5. The predicted molar refractivity (Wildman–Crippen MR) is 131 cm³/mol. The van der Waals surface area contributed by atoms with E-state index in [4.69, 9.17) is 14.2 Å². The molecule has 1 aliphatic heterocycles. The van der Waals surface area contributed by atoms with Gasteiger partial charge in [0, 0.05) is 30.6 Å². The summed E-state index contributed by atoms with van der Waals surface area (Å²) in [5, 5.41) is 11.0. The van der Waals surface area contributed by atoms with Crippen molar-refractivity contribution >= 4 is 11.9 Å². The fourth-order valence-corrected chi connectivity index (χ4v) is 10.2. The molecule has 4 fully saturated rings. The molecule has 9 atom stereocenters. The van der Waals surface area contributed by atoms with E-state index in [1.165, 1.54) is 20.3 Å².